The summed E-state index contributed by atoms with van der Waals surface area (Å²) in [6, 6.07) is 7.86. The van der Waals surface area contributed by atoms with Crippen molar-refractivity contribution in [1.82, 2.24) is 9.78 Å². The van der Waals surface area contributed by atoms with Crippen molar-refractivity contribution >= 4 is 23.5 Å². The molecule has 0 saturated heterocycles. The van der Waals surface area contributed by atoms with Crippen LogP contribution in [0.15, 0.2) is 24.3 Å². The Hall–Kier alpha value is -1.75. The second kappa shape index (κ2) is 7.21. The van der Waals surface area contributed by atoms with E-state index < -0.39 is 0 Å². The third-order valence-corrected chi connectivity index (χ3v) is 5.20. The van der Waals surface area contributed by atoms with Crippen LogP contribution < -0.4 is 5.32 Å². The van der Waals surface area contributed by atoms with E-state index in [-0.39, 0.29) is 5.91 Å². The summed E-state index contributed by atoms with van der Waals surface area (Å²) in [6.07, 6.45) is 4.38. The van der Waals surface area contributed by atoms with Crippen LogP contribution >= 0.6 is 11.8 Å². The van der Waals surface area contributed by atoms with Crippen molar-refractivity contribution in [2.24, 2.45) is 7.05 Å². The lowest BCUT2D eigenvalue weighted by molar-refractivity contribution is 0.102. The SMILES string of the molecule is CCSCc1ccccc1C(=O)Nc1c2c(nn1C)CCCC2. The molecule has 1 aromatic carbocycles. The van der Waals surface area contributed by atoms with Crippen LogP contribution in [-0.2, 0) is 25.6 Å². The minimum absolute atomic E-state index is 0.0336. The lowest BCUT2D eigenvalue weighted by Gasteiger charge is -2.13. The Labute approximate surface area is 141 Å². The molecule has 0 bridgehead atoms. The molecule has 0 unspecified atom stereocenters. The fourth-order valence-corrected chi connectivity index (χ4v) is 3.77. The maximum atomic E-state index is 12.8. The van der Waals surface area contributed by atoms with Crippen molar-refractivity contribution in [1.29, 1.82) is 0 Å². The number of benzene rings is 1. The Bertz CT molecular complexity index is 708. The third-order valence-electron chi connectivity index (χ3n) is 4.27. The number of nitrogens with one attached hydrogen (secondary N) is 1. The summed E-state index contributed by atoms with van der Waals surface area (Å²) in [5, 5.41) is 7.67. The fourth-order valence-electron chi connectivity index (χ4n) is 3.09. The van der Waals surface area contributed by atoms with Crippen LogP contribution in [0.4, 0.5) is 5.82 Å². The van der Waals surface area contributed by atoms with Gasteiger partial charge in [-0.25, -0.2) is 0 Å². The smallest absolute Gasteiger partial charge is 0.257 e. The Kier molecular flexibility index (Phi) is 5.06. The first-order valence-electron chi connectivity index (χ1n) is 8.22. The molecule has 4 nitrogen and oxygen atoms in total. The zero-order valence-electron chi connectivity index (χ0n) is 13.8. The van der Waals surface area contributed by atoms with Gasteiger partial charge in [0.25, 0.3) is 5.91 Å². The average Bonchev–Trinajstić information content (AvgIpc) is 2.89. The quantitative estimate of drug-likeness (QED) is 0.907. The molecule has 1 aliphatic carbocycles. The molecule has 122 valence electrons. The minimum atomic E-state index is -0.0336. The number of aromatic nitrogens is 2. The summed E-state index contributed by atoms with van der Waals surface area (Å²) in [5.74, 6) is 2.74. The van der Waals surface area contributed by atoms with E-state index in [9.17, 15) is 4.79 Å². The van der Waals surface area contributed by atoms with E-state index in [0.29, 0.717) is 0 Å². The van der Waals surface area contributed by atoms with Gasteiger partial charge in [-0.15, -0.1) is 0 Å². The molecule has 0 radical (unpaired) electrons. The first-order valence-corrected chi connectivity index (χ1v) is 9.38. The zero-order chi connectivity index (χ0) is 16.2. The molecule has 0 spiro atoms. The summed E-state index contributed by atoms with van der Waals surface area (Å²) in [6.45, 7) is 2.13. The normalized spacial score (nSPS) is 13.7. The summed E-state index contributed by atoms with van der Waals surface area (Å²) in [4.78, 5) is 12.8. The van der Waals surface area contributed by atoms with Crippen molar-refractivity contribution in [3.05, 3.63) is 46.6 Å². The summed E-state index contributed by atoms with van der Waals surface area (Å²) < 4.78 is 1.82. The minimum Gasteiger partial charge on any atom is -0.307 e. The van der Waals surface area contributed by atoms with Crippen LogP contribution in [0.1, 0.15) is 46.9 Å². The lowest BCUT2D eigenvalue weighted by Crippen LogP contribution is -2.17. The van der Waals surface area contributed by atoms with Gasteiger partial charge in [0.2, 0.25) is 0 Å². The van der Waals surface area contributed by atoms with Gasteiger partial charge in [0.15, 0.2) is 0 Å². The van der Waals surface area contributed by atoms with Gasteiger partial charge in [0, 0.05) is 23.9 Å². The number of nitrogens with zero attached hydrogens (tertiary/aromatic N) is 2. The second-order valence-corrected chi connectivity index (χ2v) is 7.13. The molecule has 0 atom stereocenters. The molecule has 2 aromatic rings. The predicted octanol–water partition coefficient (Wildman–Crippen LogP) is 3.80. The van der Waals surface area contributed by atoms with E-state index in [1.54, 1.807) is 0 Å². The highest BCUT2D eigenvalue weighted by molar-refractivity contribution is 7.98. The van der Waals surface area contributed by atoms with Crippen molar-refractivity contribution in [3.63, 3.8) is 0 Å². The number of amides is 1. The van der Waals surface area contributed by atoms with Crippen molar-refractivity contribution in [3.8, 4) is 0 Å². The molecule has 0 fully saturated rings. The topological polar surface area (TPSA) is 46.9 Å². The number of rotatable bonds is 5. The molecule has 0 aliphatic heterocycles. The van der Waals surface area contributed by atoms with Gasteiger partial charge >= 0.3 is 0 Å². The highest BCUT2D eigenvalue weighted by atomic mass is 32.2. The van der Waals surface area contributed by atoms with E-state index in [4.69, 9.17) is 0 Å². The van der Waals surface area contributed by atoms with Gasteiger partial charge in [-0.3, -0.25) is 9.48 Å². The molecule has 0 saturated carbocycles. The Morgan fingerprint density at radius 1 is 1.30 bits per heavy atom. The molecular formula is C18H23N3OS. The number of carbonyl (C=O) groups is 1. The van der Waals surface area contributed by atoms with Crippen LogP contribution in [0.5, 0.6) is 0 Å². The second-order valence-electron chi connectivity index (χ2n) is 5.85. The third kappa shape index (κ3) is 3.44. The van der Waals surface area contributed by atoms with Gasteiger partial charge in [0.1, 0.15) is 5.82 Å². The van der Waals surface area contributed by atoms with E-state index in [0.717, 1.165) is 47.0 Å². The highest BCUT2D eigenvalue weighted by Crippen LogP contribution is 2.28. The first-order chi connectivity index (χ1) is 11.2. The number of anilines is 1. The standard InChI is InChI=1S/C18H23N3OS/c1-3-23-12-13-8-4-5-9-14(13)18(22)19-17-15-10-6-7-11-16(15)20-21(17)2/h4-5,8-9H,3,6-7,10-12H2,1-2H3,(H,19,22). The molecular weight excluding hydrogens is 306 g/mol. The van der Waals surface area contributed by atoms with E-state index >= 15 is 0 Å². The molecule has 1 aromatic heterocycles. The molecule has 1 heterocycles. The molecule has 1 amide bonds. The Balaban J connectivity index is 1.84. The summed E-state index contributed by atoms with van der Waals surface area (Å²) >= 11 is 1.83. The summed E-state index contributed by atoms with van der Waals surface area (Å²) in [5.41, 5.74) is 4.21. The van der Waals surface area contributed by atoms with Gasteiger partial charge < -0.3 is 5.32 Å². The van der Waals surface area contributed by atoms with Gasteiger partial charge in [0.05, 0.1) is 5.69 Å². The number of hydrogen-bond donors (Lipinski definition) is 1. The number of fused-ring (bicyclic) bond motifs is 1. The van der Waals surface area contributed by atoms with Crippen molar-refractivity contribution in [2.75, 3.05) is 11.1 Å². The largest absolute Gasteiger partial charge is 0.307 e. The van der Waals surface area contributed by atoms with E-state index in [2.05, 4.69) is 17.3 Å². The maximum absolute atomic E-state index is 12.8. The van der Waals surface area contributed by atoms with Crippen LogP contribution in [0.2, 0.25) is 0 Å². The lowest BCUT2D eigenvalue weighted by atomic mass is 9.97. The average molecular weight is 329 g/mol. The van der Waals surface area contributed by atoms with E-state index in [1.165, 1.54) is 18.4 Å². The van der Waals surface area contributed by atoms with Crippen LogP contribution in [0, 0.1) is 0 Å². The van der Waals surface area contributed by atoms with Crippen LogP contribution in [-0.4, -0.2) is 21.4 Å². The van der Waals surface area contributed by atoms with Crippen LogP contribution in [0.3, 0.4) is 0 Å². The predicted molar refractivity (Wildman–Crippen MR) is 96.1 cm³/mol. The van der Waals surface area contributed by atoms with Gasteiger partial charge in [-0.1, -0.05) is 25.1 Å². The summed E-state index contributed by atoms with van der Waals surface area (Å²) in [7, 11) is 1.91. The Morgan fingerprint density at radius 2 is 2.09 bits per heavy atom. The first kappa shape index (κ1) is 16.1. The highest BCUT2D eigenvalue weighted by Gasteiger charge is 2.21. The number of hydrogen-bond acceptors (Lipinski definition) is 3. The number of thioether (sulfide) groups is 1. The van der Waals surface area contributed by atoms with E-state index in [1.807, 2.05) is 47.8 Å². The van der Waals surface area contributed by atoms with Crippen LogP contribution in [0.25, 0.3) is 0 Å². The fraction of sp³-hybridized carbons (Fsp3) is 0.444. The monoisotopic (exact) mass is 329 g/mol. The molecule has 3 rings (SSSR count). The number of carbonyl (C=O) groups excluding carboxylic acids is 1. The molecule has 5 heteroatoms. The van der Waals surface area contributed by atoms with Crippen molar-refractivity contribution in [2.45, 2.75) is 38.4 Å². The zero-order valence-corrected chi connectivity index (χ0v) is 14.6. The Morgan fingerprint density at radius 3 is 2.91 bits per heavy atom. The van der Waals surface area contributed by atoms with Gasteiger partial charge in [-0.05, 0) is 43.1 Å². The number of aryl methyl sites for hydroxylation is 2. The molecule has 23 heavy (non-hydrogen) atoms. The van der Waals surface area contributed by atoms with Crippen molar-refractivity contribution < 1.29 is 4.79 Å². The molecule has 1 aliphatic rings. The maximum Gasteiger partial charge on any atom is 0.257 e. The van der Waals surface area contributed by atoms with Gasteiger partial charge in [-0.2, -0.15) is 16.9 Å². The molecule has 1 N–H and O–H groups in total.